The number of ether oxygens (including phenoxy) is 1. The van der Waals surface area contributed by atoms with Crippen molar-refractivity contribution in [3.63, 3.8) is 0 Å². The molecule has 34 heavy (non-hydrogen) atoms. The van der Waals surface area contributed by atoms with Crippen molar-refractivity contribution < 1.29 is 24.0 Å². The Kier molecular flexibility index (Phi) is 7.52. The van der Waals surface area contributed by atoms with E-state index in [1.54, 1.807) is 31.2 Å². The van der Waals surface area contributed by atoms with Gasteiger partial charge in [-0.25, -0.2) is 9.59 Å². The molecule has 2 aromatic carbocycles. The molecule has 11 heteroatoms. The highest BCUT2D eigenvalue weighted by Crippen LogP contribution is 2.32. The highest BCUT2D eigenvalue weighted by atomic mass is 35.5. The molecule has 1 atom stereocenters. The van der Waals surface area contributed by atoms with Crippen LogP contribution in [0.25, 0.3) is 0 Å². The Morgan fingerprint density at radius 2 is 2.00 bits per heavy atom. The van der Waals surface area contributed by atoms with Crippen LogP contribution < -0.4 is 10.6 Å². The Morgan fingerprint density at radius 3 is 2.62 bits per heavy atom. The topological polar surface area (TPSA) is 131 Å². The number of hydrogen-bond acceptors (Lipinski definition) is 6. The third-order valence-corrected chi connectivity index (χ3v) is 5.65. The van der Waals surface area contributed by atoms with Gasteiger partial charge in [-0.15, -0.1) is 0 Å². The van der Waals surface area contributed by atoms with Gasteiger partial charge in [0.2, 0.25) is 0 Å². The molecule has 1 heterocycles. The summed E-state index contributed by atoms with van der Waals surface area (Å²) in [6.07, 6.45) is 0.705. The van der Waals surface area contributed by atoms with Crippen LogP contribution in [0.15, 0.2) is 53.7 Å². The van der Waals surface area contributed by atoms with Gasteiger partial charge in [-0.3, -0.25) is 19.8 Å². The van der Waals surface area contributed by atoms with Crippen LogP contribution in [-0.2, 0) is 9.53 Å². The third-order valence-electron chi connectivity index (χ3n) is 5.33. The van der Waals surface area contributed by atoms with E-state index in [0.717, 1.165) is 6.07 Å². The summed E-state index contributed by atoms with van der Waals surface area (Å²) in [5.41, 5.74) is 1.55. The monoisotopic (exact) mass is 486 g/mol. The number of nitrogens with zero attached hydrogens (tertiary/aromatic N) is 2. The molecular weight excluding hydrogens is 464 g/mol. The zero-order valence-electron chi connectivity index (χ0n) is 18.8. The molecule has 1 unspecified atom stereocenters. The number of non-ortho nitro benzene ring substituents is 1. The van der Waals surface area contributed by atoms with E-state index in [4.69, 9.17) is 16.3 Å². The minimum Gasteiger partial charge on any atom is -0.466 e. The van der Waals surface area contributed by atoms with Gasteiger partial charge in [0.25, 0.3) is 11.6 Å². The number of allylic oxidation sites excluding steroid dienone is 1. The number of halogens is 1. The van der Waals surface area contributed by atoms with E-state index in [-0.39, 0.29) is 27.9 Å². The summed E-state index contributed by atoms with van der Waals surface area (Å²) in [5, 5.41) is 16.3. The third kappa shape index (κ3) is 5.01. The molecule has 0 aromatic heterocycles. The number of rotatable bonds is 7. The van der Waals surface area contributed by atoms with Crippen molar-refractivity contribution in [2.45, 2.75) is 26.3 Å². The van der Waals surface area contributed by atoms with Crippen molar-refractivity contribution in [1.29, 1.82) is 0 Å². The molecule has 0 saturated carbocycles. The smallest absolute Gasteiger partial charge is 0.337 e. The van der Waals surface area contributed by atoms with Gasteiger partial charge >= 0.3 is 12.0 Å². The maximum atomic E-state index is 12.7. The Hall–Kier alpha value is -3.92. The quantitative estimate of drug-likeness (QED) is 0.338. The fraction of sp³-hybridized carbons (Fsp3) is 0.261. The molecular formula is C23H23ClN4O6. The fourth-order valence-corrected chi connectivity index (χ4v) is 3.96. The predicted octanol–water partition coefficient (Wildman–Crippen LogP) is 4.42. The number of esters is 1. The van der Waals surface area contributed by atoms with Crippen molar-refractivity contribution in [2.24, 2.45) is 0 Å². The average molecular weight is 487 g/mol. The van der Waals surface area contributed by atoms with Gasteiger partial charge in [-0.2, -0.15) is 0 Å². The SMILES string of the molecule is CCCN1C(=O)NC(c2cccc(NC(=O)c3ccc([N+](=O)[O-])cc3Cl)c2)C(C(=O)OC)=C1C. The predicted molar refractivity (Wildman–Crippen MR) is 125 cm³/mol. The number of urea groups is 1. The number of amides is 3. The fourth-order valence-electron chi connectivity index (χ4n) is 3.69. The lowest BCUT2D eigenvalue weighted by atomic mass is 9.94. The molecule has 0 spiro atoms. The van der Waals surface area contributed by atoms with Gasteiger partial charge in [0.15, 0.2) is 0 Å². The van der Waals surface area contributed by atoms with Gasteiger partial charge in [0, 0.05) is 30.1 Å². The first-order chi connectivity index (χ1) is 16.2. The van der Waals surface area contributed by atoms with Crippen LogP contribution in [0.3, 0.4) is 0 Å². The Balaban J connectivity index is 1.92. The Bertz CT molecular complexity index is 1200. The van der Waals surface area contributed by atoms with E-state index in [0.29, 0.717) is 29.9 Å². The zero-order chi connectivity index (χ0) is 25.0. The second-order valence-electron chi connectivity index (χ2n) is 7.53. The molecule has 2 N–H and O–H groups in total. The van der Waals surface area contributed by atoms with Crippen LogP contribution in [0.1, 0.15) is 42.2 Å². The number of anilines is 1. The highest BCUT2D eigenvalue weighted by molar-refractivity contribution is 6.34. The van der Waals surface area contributed by atoms with E-state index in [1.807, 2.05) is 6.92 Å². The molecule has 1 aliphatic heterocycles. The molecule has 3 amide bonds. The van der Waals surface area contributed by atoms with Gasteiger partial charge in [-0.05, 0) is 37.1 Å². The maximum Gasteiger partial charge on any atom is 0.337 e. The largest absolute Gasteiger partial charge is 0.466 e. The van der Waals surface area contributed by atoms with E-state index >= 15 is 0 Å². The average Bonchev–Trinajstić information content (AvgIpc) is 2.80. The molecule has 0 saturated heterocycles. The van der Waals surface area contributed by atoms with Crippen molar-refractivity contribution >= 4 is 40.9 Å². The standard InChI is InChI=1S/C23H23ClN4O6/c1-4-10-27-13(2)19(22(30)34-3)20(26-23(27)31)14-6-5-7-15(11-14)25-21(29)17-9-8-16(28(32)33)12-18(17)24/h5-9,11-12,20H,4,10H2,1-3H3,(H,25,29)(H,26,31). The van der Waals surface area contributed by atoms with E-state index in [2.05, 4.69) is 10.6 Å². The van der Waals surface area contributed by atoms with Gasteiger partial charge < -0.3 is 15.4 Å². The number of benzene rings is 2. The van der Waals surface area contributed by atoms with Crippen LogP contribution in [0, 0.1) is 10.1 Å². The Morgan fingerprint density at radius 1 is 1.26 bits per heavy atom. The summed E-state index contributed by atoms with van der Waals surface area (Å²) in [6.45, 7) is 4.06. The number of nitro groups is 1. The van der Waals surface area contributed by atoms with Gasteiger partial charge in [0.1, 0.15) is 0 Å². The minimum atomic E-state index is -0.784. The van der Waals surface area contributed by atoms with Gasteiger partial charge in [-0.1, -0.05) is 30.7 Å². The number of methoxy groups -OCH3 is 1. The molecule has 0 radical (unpaired) electrons. The zero-order valence-corrected chi connectivity index (χ0v) is 19.5. The number of nitrogens with one attached hydrogen (secondary N) is 2. The number of carbonyl (C=O) groups is 3. The molecule has 1 aliphatic rings. The van der Waals surface area contributed by atoms with Gasteiger partial charge in [0.05, 0.1) is 34.2 Å². The summed E-state index contributed by atoms with van der Waals surface area (Å²) in [4.78, 5) is 49.8. The summed E-state index contributed by atoms with van der Waals surface area (Å²) in [5.74, 6) is -1.14. The summed E-state index contributed by atoms with van der Waals surface area (Å²) < 4.78 is 4.96. The first kappa shape index (κ1) is 24.7. The van der Waals surface area contributed by atoms with E-state index < -0.39 is 22.8 Å². The molecule has 0 aliphatic carbocycles. The number of nitro benzene ring substituents is 1. The molecule has 10 nitrogen and oxygen atoms in total. The first-order valence-corrected chi connectivity index (χ1v) is 10.8. The van der Waals surface area contributed by atoms with Crippen LogP contribution in [0.2, 0.25) is 5.02 Å². The first-order valence-electron chi connectivity index (χ1n) is 10.4. The Labute approximate surface area is 200 Å². The van der Waals surface area contributed by atoms with Crippen molar-refractivity contribution in [1.82, 2.24) is 10.2 Å². The van der Waals surface area contributed by atoms with Crippen LogP contribution in [0.4, 0.5) is 16.2 Å². The van der Waals surface area contributed by atoms with E-state index in [9.17, 15) is 24.5 Å². The van der Waals surface area contributed by atoms with E-state index in [1.165, 1.54) is 24.1 Å². The summed E-state index contributed by atoms with van der Waals surface area (Å²) in [7, 11) is 1.27. The summed E-state index contributed by atoms with van der Waals surface area (Å²) in [6, 6.07) is 9.05. The minimum absolute atomic E-state index is 0.0600. The lowest BCUT2D eigenvalue weighted by Gasteiger charge is -2.35. The second kappa shape index (κ2) is 10.3. The number of hydrogen-bond donors (Lipinski definition) is 2. The van der Waals surface area contributed by atoms with Crippen LogP contribution in [0.5, 0.6) is 0 Å². The highest BCUT2D eigenvalue weighted by Gasteiger charge is 2.36. The van der Waals surface area contributed by atoms with Crippen LogP contribution >= 0.6 is 11.6 Å². The normalized spacial score (nSPS) is 15.6. The maximum absolute atomic E-state index is 12.7. The molecule has 178 valence electrons. The lowest BCUT2D eigenvalue weighted by molar-refractivity contribution is -0.384. The molecule has 3 rings (SSSR count). The van der Waals surface area contributed by atoms with Crippen molar-refractivity contribution in [3.05, 3.63) is 80.0 Å². The molecule has 2 aromatic rings. The number of carbonyl (C=O) groups excluding carboxylic acids is 3. The summed E-state index contributed by atoms with van der Waals surface area (Å²) >= 11 is 6.05. The molecule has 0 fully saturated rings. The lowest BCUT2D eigenvalue weighted by Crippen LogP contribution is -2.48. The molecule has 0 bridgehead atoms. The van der Waals surface area contributed by atoms with Crippen molar-refractivity contribution in [3.8, 4) is 0 Å². The second-order valence-corrected chi connectivity index (χ2v) is 7.93. The van der Waals surface area contributed by atoms with Crippen molar-refractivity contribution in [2.75, 3.05) is 19.0 Å². The van der Waals surface area contributed by atoms with Crippen LogP contribution in [-0.4, -0.2) is 41.4 Å².